The maximum absolute atomic E-state index is 9.23. The summed E-state index contributed by atoms with van der Waals surface area (Å²) in [5.41, 5.74) is 8.11. The summed E-state index contributed by atoms with van der Waals surface area (Å²) in [5.74, 6) is 2.71. The number of nitrogen functional groups attached to an aromatic ring is 1. The standard InChI is InChI=1S/C16H21N3/c1-19(10-14-7-11-2-3-12(14)6-11)16-5-4-15(18)8-13(16)9-17/h4-5,8,11-12,14H,2-3,6-7,10,18H2,1H3. The molecule has 2 bridgehead atoms. The van der Waals surface area contributed by atoms with Gasteiger partial charge in [-0.1, -0.05) is 6.42 Å². The van der Waals surface area contributed by atoms with E-state index in [1.807, 2.05) is 12.1 Å². The van der Waals surface area contributed by atoms with E-state index in [-0.39, 0.29) is 0 Å². The van der Waals surface area contributed by atoms with Crippen molar-refractivity contribution in [2.45, 2.75) is 25.7 Å². The Morgan fingerprint density at radius 1 is 1.37 bits per heavy atom. The molecule has 19 heavy (non-hydrogen) atoms. The molecule has 0 saturated heterocycles. The predicted octanol–water partition coefficient (Wildman–Crippen LogP) is 3.01. The second-order valence-electron chi connectivity index (χ2n) is 6.20. The van der Waals surface area contributed by atoms with Crippen LogP contribution in [0.15, 0.2) is 18.2 Å². The molecular weight excluding hydrogens is 234 g/mol. The average molecular weight is 255 g/mol. The Kier molecular flexibility index (Phi) is 3.10. The summed E-state index contributed by atoms with van der Waals surface area (Å²) < 4.78 is 0. The van der Waals surface area contributed by atoms with Gasteiger partial charge in [0.2, 0.25) is 0 Å². The number of rotatable bonds is 3. The predicted molar refractivity (Wildman–Crippen MR) is 77.8 cm³/mol. The topological polar surface area (TPSA) is 53.0 Å². The lowest BCUT2D eigenvalue weighted by Gasteiger charge is -2.29. The smallest absolute Gasteiger partial charge is 0.101 e. The zero-order valence-electron chi connectivity index (χ0n) is 11.5. The van der Waals surface area contributed by atoms with Crippen LogP contribution in [0.2, 0.25) is 0 Å². The van der Waals surface area contributed by atoms with Gasteiger partial charge < -0.3 is 10.6 Å². The van der Waals surface area contributed by atoms with E-state index in [4.69, 9.17) is 5.73 Å². The zero-order valence-corrected chi connectivity index (χ0v) is 11.5. The summed E-state index contributed by atoms with van der Waals surface area (Å²) in [5, 5.41) is 9.23. The highest BCUT2D eigenvalue weighted by atomic mass is 15.1. The second-order valence-corrected chi connectivity index (χ2v) is 6.20. The molecule has 3 unspecified atom stereocenters. The normalized spacial score (nSPS) is 28.3. The highest BCUT2D eigenvalue weighted by Gasteiger charge is 2.39. The lowest BCUT2D eigenvalue weighted by molar-refractivity contribution is 0.337. The van der Waals surface area contributed by atoms with Gasteiger partial charge in [0.15, 0.2) is 0 Å². The molecule has 3 heteroatoms. The third kappa shape index (κ3) is 2.28. The van der Waals surface area contributed by atoms with Gasteiger partial charge in [-0.05, 0) is 55.2 Å². The van der Waals surface area contributed by atoms with Gasteiger partial charge in [-0.2, -0.15) is 5.26 Å². The number of hydrogen-bond acceptors (Lipinski definition) is 3. The molecule has 1 aromatic rings. The van der Waals surface area contributed by atoms with Crippen molar-refractivity contribution in [2.24, 2.45) is 17.8 Å². The van der Waals surface area contributed by atoms with Crippen molar-refractivity contribution in [3.05, 3.63) is 23.8 Å². The van der Waals surface area contributed by atoms with Crippen LogP contribution in [-0.2, 0) is 0 Å². The Morgan fingerprint density at radius 2 is 2.21 bits per heavy atom. The molecule has 0 aromatic heterocycles. The third-order valence-corrected chi connectivity index (χ3v) is 4.95. The van der Waals surface area contributed by atoms with Crippen molar-refractivity contribution in [1.82, 2.24) is 0 Å². The van der Waals surface area contributed by atoms with Gasteiger partial charge in [-0.3, -0.25) is 0 Å². The summed E-state index contributed by atoms with van der Waals surface area (Å²) in [6, 6.07) is 7.88. The SMILES string of the molecule is CN(CC1CC2CCC1C2)c1ccc(N)cc1C#N. The molecule has 0 heterocycles. The van der Waals surface area contributed by atoms with E-state index in [1.165, 1.54) is 25.7 Å². The zero-order chi connectivity index (χ0) is 13.4. The number of fused-ring (bicyclic) bond motifs is 2. The van der Waals surface area contributed by atoms with Gasteiger partial charge in [0.25, 0.3) is 0 Å². The van der Waals surface area contributed by atoms with Crippen molar-refractivity contribution < 1.29 is 0 Å². The number of hydrogen-bond donors (Lipinski definition) is 1. The lowest BCUT2D eigenvalue weighted by Crippen LogP contribution is -2.29. The minimum Gasteiger partial charge on any atom is -0.399 e. The molecule has 3 nitrogen and oxygen atoms in total. The van der Waals surface area contributed by atoms with Crippen molar-refractivity contribution >= 4 is 11.4 Å². The number of nitrogens with two attached hydrogens (primary N) is 1. The summed E-state index contributed by atoms with van der Waals surface area (Å²) in [6.07, 6.45) is 5.67. The van der Waals surface area contributed by atoms with Crippen LogP contribution in [0.5, 0.6) is 0 Å². The molecule has 100 valence electrons. The van der Waals surface area contributed by atoms with Gasteiger partial charge in [0.1, 0.15) is 6.07 Å². The van der Waals surface area contributed by atoms with Gasteiger partial charge in [0.05, 0.1) is 11.3 Å². The summed E-state index contributed by atoms with van der Waals surface area (Å²) in [4.78, 5) is 2.24. The first-order valence-corrected chi connectivity index (χ1v) is 7.18. The van der Waals surface area contributed by atoms with Crippen LogP contribution in [0.25, 0.3) is 0 Å². The molecule has 3 rings (SSSR count). The fourth-order valence-electron chi connectivity index (χ4n) is 4.03. The van der Waals surface area contributed by atoms with Crippen molar-refractivity contribution in [2.75, 3.05) is 24.2 Å². The first kappa shape index (κ1) is 12.3. The number of benzene rings is 1. The Bertz CT molecular complexity index is 517. The Labute approximate surface area is 115 Å². The second kappa shape index (κ2) is 4.77. The molecule has 3 atom stereocenters. The Hall–Kier alpha value is -1.69. The van der Waals surface area contributed by atoms with Gasteiger partial charge >= 0.3 is 0 Å². The fraction of sp³-hybridized carbons (Fsp3) is 0.562. The first-order chi connectivity index (χ1) is 9.17. The summed E-state index contributed by atoms with van der Waals surface area (Å²) in [6.45, 7) is 1.07. The van der Waals surface area contributed by atoms with E-state index in [0.717, 1.165) is 30.0 Å². The first-order valence-electron chi connectivity index (χ1n) is 7.18. The van der Waals surface area contributed by atoms with Crippen LogP contribution in [0.4, 0.5) is 11.4 Å². The lowest BCUT2D eigenvalue weighted by atomic mass is 9.88. The number of anilines is 2. The van der Waals surface area contributed by atoms with Gasteiger partial charge in [-0.15, -0.1) is 0 Å². The third-order valence-electron chi connectivity index (χ3n) is 4.95. The average Bonchev–Trinajstić information content (AvgIpc) is 3.00. The van der Waals surface area contributed by atoms with Crippen LogP contribution in [0.3, 0.4) is 0 Å². The molecule has 2 aliphatic carbocycles. The van der Waals surface area contributed by atoms with Crippen LogP contribution in [0.1, 0.15) is 31.2 Å². The van der Waals surface area contributed by atoms with Crippen LogP contribution >= 0.6 is 0 Å². The molecule has 0 radical (unpaired) electrons. The van der Waals surface area contributed by atoms with Crippen molar-refractivity contribution in [3.8, 4) is 6.07 Å². The Morgan fingerprint density at radius 3 is 2.84 bits per heavy atom. The van der Waals surface area contributed by atoms with Gasteiger partial charge in [-0.25, -0.2) is 0 Å². The molecule has 2 saturated carbocycles. The van der Waals surface area contributed by atoms with Gasteiger partial charge in [0, 0.05) is 19.3 Å². The number of nitriles is 1. The highest BCUT2D eigenvalue weighted by Crippen LogP contribution is 2.48. The van der Waals surface area contributed by atoms with Crippen molar-refractivity contribution in [3.63, 3.8) is 0 Å². The van der Waals surface area contributed by atoms with E-state index >= 15 is 0 Å². The Balaban J connectivity index is 1.74. The largest absolute Gasteiger partial charge is 0.399 e. The van der Waals surface area contributed by atoms with Crippen molar-refractivity contribution in [1.29, 1.82) is 5.26 Å². The molecule has 0 aliphatic heterocycles. The molecule has 2 aliphatic rings. The molecular formula is C16H21N3. The molecule has 0 amide bonds. The minimum atomic E-state index is 0.661. The number of nitrogens with zero attached hydrogens (tertiary/aromatic N) is 2. The summed E-state index contributed by atoms with van der Waals surface area (Å²) >= 11 is 0. The van der Waals surface area contributed by atoms with E-state index in [2.05, 4.69) is 18.0 Å². The molecule has 2 fully saturated rings. The van der Waals surface area contributed by atoms with E-state index in [9.17, 15) is 5.26 Å². The van der Waals surface area contributed by atoms with Crippen LogP contribution < -0.4 is 10.6 Å². The van der Waals surface area contributed by atoms with E-state index in [1.54, 1.807) is 6.07 Å². The highest BCUT2D eigenvalue weighted by molar-refractivity contribution is 5.64. The minimum absolute atomic E-state index is 0.661. The monoisotopic (exact) mass is 255 g/mol. The fourth-order valence-corrected chi connectivity index (χ4v) is 4.03. The van der Waals surface area contributed by atoms with E-state index < -0.39 is 0 Å². The maximum atomic E-state index is 9.23. The molecule has 1 aromatic carbocycles. The summed E-state index contributed by atoms with van der Waals surface area (Å²) in [7, 11) is 2.10. The molecule has 2 N–H and O–H groups in total. The van der Waals surface area contributed by atoms with Crippen LogP contribution in [-0.4, -0.2) is 13.6 Å². The van der Waals surface area contributed by atoms with Crippen LogP contribution in [0, 0.1) is 29.1 Å². The maximum Gasteiger partial charge on any atom is 0.101 e. The quantitative estimate of drug-likeness (QED) is 0.845. The molecule has 0 spiro atoms. The van der Waals surface area contributed by atoms with E-state index in [0.29, 0.717) is 11.3 Å².